The van der Waals surface area contributed by atoms with E-state index in [4.69, 9.17) is 9.47 Å². The van der Waals surface area contributed by atoms with Crippen LogP contribution in [-0.2, 0) is 12.8 Å². The quantitative estimate of drug-likeness (QED) is 0.493. The largest absolute Gasteiger partial charge is 0.494 e. The van der Waals surface area contributed by atoms with E-state index in [1.165, 1.54) is 31.5 Å². The minimum atomic E-state index is 0.627. The van der Waals surface area contributed by atoms with Gasteiger partial charge in [0, 0.05) is 24.9 Å². The van der Waals surface area contributed by atoms with Gasteiger partial charge in [0.25, 0.3) is 0 Å². The lowest BCUT2D eigenvalue weighted by molar-refractivity contribution is 0.236. The van der Waals surface area contributed by atoms with Gasteiger partial charge in [0.05, 0.1) is 6.61 Å². The molecule has 157 valence electrons. The van der Waals surface area contributed by atoms with Gasteiger partial charge < -0.3 is 9.47 Å². The van der Waals surface area contributed by atoms with E-state index in [-0.39, 0.29) is 0 Å². The number of aryl methyl sites for hydroxylation is 1. The normalized spacial score (nSPS) is 14.1. The number of hydrogen-bond donors (Lipinski definition) is 1. The van der Waals surface area contributed by atoms with E-state index in [1.54, 1.807) is 0 Å². The number of hydrogen-bond acceptors (Lipinski definition) is 6. The summed E-state index contributed by atoms with van der Waals surface area (Å²) in [5.74, 6) is 2.58. The van der Waals surface area contributed by atoms with E-state index >= 15 is 0 Å². The van der Waals surface area contributed by atoms with Crippen LogP contribution in [0.25, 0.3) is 0 Å². The van der Waals surface area contributed by atoms with Gasteiger partial charge in [-0.3, -0.25) is 4.90 Å². The fourth-order valence-electron chi connectivity index (χ4n) is 3.64. The maximum atomic E-state index is 6.08. The third-order valence-electron chi connectivity index (χ3n) is 5.28. The topological polar surface area (TPSA) is 76.2 Å². The van der Waals surface area contributed by atoms with Crippen LogP contribution in [0, 0.1) is 6.07 Å². The Morgan fingerprint density at radius 1 is 1.03 bits per heavy atom. The first kappa shape index (κ1) is 20.3. The van der Waals surface area contributed by atoms with Crippen LogP contribution in [0.1, 0.15) is 36.2 Å². The summed E-state index contributed by atoms with van der Waals surface area (Å²) in [6.07, 6.45) is 5.04. The lowest BCUT2D eigenvalue weighted by Crippen LogP contribution is -2.25. The van der Waals surface area contributed by atoms with Crippen molar-refractivity contribution in [2.45, 2.75) is 32.1 Å². The molecular formula is C23H28N5O2. The van der Waals surface area contributed by atoms with E-state index in [2.05, 4.69) is 43.7 Å². The lowest BCUT2D eigenvalue weighted by atomic mass is 10.0. The molecule has 2 heterocycles. The van der Waals surface area contributed by atoms with Gasteiger partial charge in [-0.25, -0.2) is 5.10 Å². The zero-order valence-corrected chi connectivity index (χ0v) is 17.2. The first-order chi connectivity index (χ1) is 14.9. The summed E-state index contributed by atoms with van der Waals surface area (Å²) in [4.78, 5) is 2.47. The lowest BCUT2D eigenvalue weighted by Gasteiger charge is -2.16. The molecule has 0 bridgehead atoms. The van der Waals surface area contributed by atoms with E-state index < -0.39 is 0 Å². The Hall–Kier alpha value is -2.93. The van der Waals surface area contributed by atoms with Crippen LogP contribution in [0.5, 0.6) is 11.5 Å². The summed E-state index contributed by atoms with van der Waals surface area (Å²) < 4.78 is 11.9. The van der Waals surface area contributed by atoms with E-state index in [0.29, 0.717) is 6.61 Å². The van der Waals surface area contributed by atoms with Gasteiger partial charge in [0.1, 0.15) is 23.9 Å². The molecule has 1 aromatic heterocycles. The van der Waals surface area contributed by atoms with Crippen LogP contribution in [0.3, 0.4) is 0 Å². The highest BCUT2D eigenvalue weighted by Gasteiger charge is 2.11. The second-order valence-corrected chi connectivity index (χ2v) is 7.53. The van der Waals surface area contributed by atoms with Crippen molar-refractivity contribution in [1.82, 2.24) is 25.5 Å². The van der Waals surface area contributed by atoms with Crippen molar-refractivity contribution in [3.8, 4) is 11.5 Å². The molecule has 30 heavy (non-hydrogen) atoms. The van der Waals surface area contributed by atoms with Gasteiger partial charge in [0.15, 0.2) is 0 Å². The smallest absolute Gasteiger partial charge is 0.148 e. The van der Waals surface area contributed by atoms with Crippen molar-refractivity contribution in [2.24, 2.45) is 0 Å². The van der Waals surface area contributed by atoms with Gasteiger partial charge in [-0.1, -0.05) is 24.3 Å². The summed E-state index contributed by atoms with van der Waals surface area (Å²) in [6.45, 7) is 4.74. The SMILES string of the molecule is [c]1cccc(OCCN2CCCC2)c1Cc1ccc(OCCCc2nnn[nH]2)cc1. The number of H-pyrrole nitrogens is 1. The standard InChI is InChI=1S/C23H28N5O2/c1-2-7-22(30-17-15-28-13-3-4-14-28)20(6-1)18-19-9-11-21(12-10-19)29-16-5-8-23-24-26-27-25-23/h1-2,7,9-12H,3-5,8,13-18H2,(H,24,25,26,27). The Bertz CT molecular complexity index is 877. The molecule has 0 unspecified atom stereocenters. The third-order valence-corrected chi connectivity index (χ3v) is 5.28. The number of benzene rings is 2. The molecule has 1 N–H and O–H groups in total. The average Bonchev–Trinajstić information content (AvgIpc) is 3.48. The summed E-state index contributed by atoms with van der Waals surface area (Å²) >= 11 is 0. The molecule has 1 fully saturated rings. The van der Waals surface area contributed by atoms with Crippen LogP contribution in [0.4, 0.5) is 0 Å². The molecule has 1 saturated heterocycles. The monoisotopic (exact) mass is 406 g/mol. The zero-order valence-electron chi connectivity index (χ0n) is 17.2. The Labute approximate surface area is 177 Å². The number of nitrogens with zero attached hydrogens (tertiary/aromatic N) is 4. The van der Waals surface area contributed by atoms with Gasteiger partial charge in [-0.2, -0.15) is 0 Å². The molecule has 7 heteroatoms. The molecule has 7 nitrogen and oxygen atoms in total. The fourth-order valence-corrected chi connectivity index (χ4v) is 3.64. The summed E-state index contributed by atoms with van der Waals surface area (Å²) in [6, 6.07) is 17.6. The van der Waals surface area contributed by atoms with Crippen LogP contribution in [-0.4, -0.2) is 58.4 Å². The molecule has 4 rings (SSSR count). The second kappa shape index (κ2) is 10.7. The van der Waals surface area contributed by atoms with Crippen molar-refractivity contribution in [3.05, 3.63) is 65.5 Å². The number of aromatic amines is 1. The second-order valence-electron chi connectivity index (χ2n) is 7.53. The summed E-state index contributed by atoms with van der Waals surface area (Å²) in [7, 11) is 0. The molecule has 0 saturated carbocycles. The predicted octanol–water partition coefficient (Wildman–Crippen LogP) is 3.08. The number of ether oxygens (including phenoxy) is 2. The van der Waals surface area contributed by atoms with Crippen LogP contribution < -0.4 is 9.47 Å². The number of likely N-dealkylation sites (tertiary alicyclic amines) is 1. The molecule has 1 radical (unpaired) electrons. The van der Waals surface area contributed by atoms with Crippen molar-refractivity contribution in [3.63, 3.8) is 0 Å². The molecule has 0 spiro atoms. The van der Waals surface area contributed by atoms with E-state index in [0.717, 1.165) is 55.3 Å². The first-order valence-corrected chi connectivity index (χ1v) is 10.7. The molecular weight excluding hydrogens is 378 g/mol. The summed E-state index contributed by atoms with van der Waals surface area (Å²) in [5, 5.41) is 13.8. The molecule has 0 amide bonds. The molecule has 0 atom stereocenters. The number of rotatable bonds is 11. The zero-order chi connectivity index (χ0) is 20.4. The van der Waals surface area contributed by atoms with Crippen LogP contribution in [0.2, 0.25) is 0 Å². The average molecular weight is 407 g/mol. The van der Waals surface area contributed by atoms with Gasteiger partial charge in [-0.15, -0.1) is 5.10 Å². The minimum absolute atomic E-state index is 0.627. The number of aromatic nitrogens is 4. The molecule has 3 aromatic rings. The van der Waals surface area contributed by atoms with Crippen LogP contribution in [0.15, 0.2) is 42.5 Å². The number of nitrogens with one attached hydrogen (secondary N) is 1. The maximum absolute atomic E-state index is 6.08. The summed E-state index contributed by atoms with van der Waals surface area (Å²) in [5.41, 5.74) is 2.30. The van der Waals surface area contributed by atoms with E-state index in [1.807, 2.05) is 30.3 Å². The molecule has 2 aromatic carbocycles. The third kappa shape index (κ3) is 6.03. The minimum Gasteiger partial charge on any atom is -0.494 e. The maximum Gasteiger partial charge on any atom is 0.148 e. The van der Waals surface area contributed by atoms with Crippen molar-refractivity contribution in [2.75, 3.05) is 32.8 Å². The van der Waals surface area contributed by atoms with Gasteiger partial charge in [0.2, 0.25) is 0 Å². The first-order valence-electron chi connectivity index (χ1n) is 10.7. The highest BCUT2D eigenvalue weighted by Crippen LogP contribution is 2.22. The highest BCUT2D eigenvalue weighted by molar-refractivity contribution is 5.38. The molecule has 1 aliphatic rings. The highest BCUT2D eigenvalue weighted by atomic mass is 16.5. The van der Waals surface area contributed by atoms with Gasteiger partial charge in [-0.05, 0) is 72.6 Å². The van der Waals surface area contributed by atoms with Crippen molar-refractivity contribution >= 4 is 0 Å². The van der Waals surface area contributed by atoms with Gasteiger partial charge >= 0.3 is 0 Å². The fraction of sp³-hybridized carbons (Fsp3) is 0.435. The van der Waals surface area contributed by atoms with E-state index in [9.17, 15) is 0 Å². The Morgan fingerprint density at radius 3 is 2.70 bits per heavy atom. The Kier molecular flexibility index (Phi) is 7.28. The Balaban J connectivity index is 1.24. The molecule has 1 aliphatic heterocycles. The Morgan fingerprint density at radius 2 is 1.90 bits per heavy atom. The van der Waals surface area contributed by atoms with Crippen molar-refractivity contribution in [1.29, 1.82) is 0 Å². The van der Waals surface area contributed by atoms with Crippen LogP contribution >= 0.6 is 0 Å². The predicted molar refractivity (Wildman–Crippen MR) is 114 cm³/mol. The number of tetrazole rings is 1. The molecule has 0 aliphatic carbocycles. The van der Waals surface area contributed by atoms with Crippen molar-refractivity contribution < 1.29 is 9.47 Å².